The standard InChI is InChI=1S/C15H21N3O3/c1-4-15(21,5-2)9-16-13(19)10-6-7-12-11(8-10)17-14(20)18(12)3/h6-8,21H,4-5,9H2,1-3H3,(H,16,19)(H,17,20). The van der Waals surface area contributed by atoms with Crippen LogP contribution in [0.2, 0.25) is 0 Å². The number of aromatic amines is 1. The number of aromatic nitrogens is 2. The van der Waals surface area contributed by atoms with Gasteiger partial charge in [0.15, 0.2) is 0 Å². The highest BCUT2D eigenvalue weighted by atomic mass is 16.3. The summed E-state index contributed by atoms with van der Waals surface area (Å²) in [5, 5.41) is 12.9. The van der Waals surface area contributed by atoms with E-state index in [1.165, 1.54) is 4.57 Å². The predicted octanol–water partition coefficient (Wildman–Crippen LogP) is 1.15. The molecule has 6 heteroatoms. The summed E-state index contributed by atoms with van der Waals surface area (Å²) in [7, 11) is 1.67. The summed E-state index contributed by atoms with van der Waals surface area (Å²) in [6.07, 6.45) is 1.16. The summed E-state index contributed by atoms with van der Waals surface area (Å²) < 4.78 is 1.49. The molecule has 0 aliphatic rings. The monoisotopic (exact) mass is 291 g/mol. The van der Waals surface area contributed by atoms with Gasteiger partial charge in [-0.2, -0.15) is 0 Å². The van der Waals surface area contributed by atoms with Crippen LogP contribution in [0, 0.1) is 0 Å². The molecular weight excluding hydrogens is 270 g/mol. The van der Waals surface area contributed by atoms with Gasteiger partial charge in [0.05, 0.1) is 16.6 Å². The highest BCUT2D eigenvalue weighted by molar-refractivity contribution is 5.97. The van der Waals surface area contributed by atoms with Crippen LogP contribution < -0.4 is 11.0 Å². The molecule has 0 aliphatic heterocycles. The number of benzene rings is 1. The van der Waals surface area contributed by atoms with Gasteiger partial charge < -0.3 is 15.4 Å². The molecule has 0 atom stereocenters. The molecule has 2 aromatic rings. The van der Waals surface area contributed by atoms with Crippen molar-refractivity contribution >= 4 is 16.9 Å². The van der Waals surface area contributed by atoms with Gasteiger partial charge in [-0.3, -0.25) is 9.36 Å². The second kappa shape index (κ2) is 5.73. The average Bonchev–Trinajstić information content (AvgIpc) is 2.78. The molecule has 2 rings (SSSR count). The molecule has 0 unspecified atom stereocenters. The van der Waals surface area contributed by atoms with Crippen LogP contribution in [0.1, 0.15) is 37.0 Å². The summed E-state index contributed by atoms with van der Waals surface area (Å²) in [4.78, 5) is 26.4. The molecule has 6 nitrogen and oxygen atoms in total. The fourth-order valence-corrected chi connectivity index (χ4v) is 2.23. The van der Waals surface area contributed by atoms with E-state index in [1.54, 1.807) is 25.2 Å². The third kappa shape index (κ3) is 3.00. The van der Waals surface area contributed by atoms with Crippen LogP contribution in [0.5, 0.6) is 0 Å². The van der Waals surface area contributed by atoms with E-state index in [9.17, 15) is 14.7 Å². The summed E-state index contributed by atoms with van der Waals surface area (Å²) in [5.74, 6) is -0.262. The van der Waals surface area contributed by atoms with Gasteiger partial charge in [-0.1, -0.05) is 13.8 Å². The molecule has 0 saturated heterocycles. The van der Waals surface area contributed by atoms with E-state index in [0.717, 1.165) is 5.52 Å². The maximum Gasteiger partial charge on any atom is 0.326 e. The first-order valence-electron chi connectivity index (χ1n) is 7.09. The van der Waals surface area contributed by atoms with Crippen molar-refractivity contribution in [3.8, 4) is 0 Å². The number of amides is 1. The molecule has 0 bridgehead atoms. The van der Waals surface area contributed by atoms with Crippen molar-refractivity contribution in [3.63, 3.8) is 0 Å². The van der Waals surface area contributed by atoms with E-state index in [1.807, 2.05) is 13.8 Å². The van der Waals surface area contributed by atoms with Gasteiger partial charge >= 0.3 is 5.69 Å². The number of carbonyl (C=O) groups excluding carboxylic acids is 1. The summed E-state index contributed by atoms with van der Waals surface area (Å²) in [5.41, 5.74) is 0.736. The molecule has 1 aromatic heterocycles. The average molecular weight is 291 g/mol. The van der Waals surface area contributed by atoms with Crippen LogP contribution in [0.15, 0.2) is 23.0 Å². The number of H-pyrrole nitrogens is 1. The maximum atomic E-state index is 12.1. The SMILES string of the molecule is CCC(O)(CC)CNC(=O)c1ccc2c(c1)[nH]c(=O)n2C. The maximum absolute atomic E-state index is 12.1. The van der Waals surface area contributed by atoms with E-state index in [2.05, 4.69) is 10.3 Å². The summed E-state index contributed by atoms with van der Waals surface area (Å²) >= 11 is 0. The molecule has 0 radical (unpaired) electrons. The lowest BCUT2D eigenvalue weighted by Gasteiger charge is -2.25. The summed E-state index contributed by atoms with van der Waals surface area (Å²) in [6.45, 7) is 3.98. The highest BCUT2D eigenvalue weighted by Gasteiger charge is 2.23. The van der Waals surface area contributed by atoms with Crippen molar-refractivity contribution < 1.29 is 9.90 Å². The predicted molar refractivity (Wildman–Crippen MR) is 81.4 cm³/mol. The van der Waals surface area contributed by atoms with Crippen molar-refractivity contribution in [1.82, 2.24) is 14.9 Å². The van der Waals surface area contributed by atoms with Gasteiger partial charge in [0.25, 0.3) is 5.91 Å². The Labute approximate surface area is 122 Å². The van der Waals surface area contributed by atoms with Gasteiger partial charge in [0.2, 0.25) is 0 Å². The smallest absolute Gasteiger partial charge is 0.326 e. The Morgan fingerprint density at radius 3 is 2.67 bits per heavy atom. The van der Waals surface area contributed by atoms with Crippen LogP contribution in [-0.4, -0.2) is 32.7 Å². The number of fused-ring (bicyclic) bond motifs is 1. The molecule has 0 aliphatic carbocycles. The Hall–Kier alpha value is -2.08. The summed E-state index contributed by atoms with van der Waals surface area (Å²) in [6, 6.07) is 5.04. The zero-order chi connectivity index (χ0) is 15.6. The van der Waals surface area contributed by atoms with Crippen LogP contribution >= 0.6 is 0 Å². The first-order chi connectivity index (χ1) is 9.90. The number of aliphatic hydroxyl groups is 1. The largest absolute Gasteiger partial charge is 0.388 e. The Morgan fingerprint density at radius 1 is 1.38 bits per heavy atom. The van der Waals surface area contributed by atoms with E-state index < -0.39 is 5.60 Å². The van der Waals surface area contributed by atoms with Crippen LogP contribution in [0.25, 0.3) is 11.0 Å². The lowest BCUT2D eigenvalue weighted by molar-refractivity contribution is 0.0314. The Morgan fingerprint density at radius 2 is 2.05 bits per heavy atom. The van der Waals surface area contributed by atoms with Crippen LogP contribution in [0.3, 0.4) is 0 Å². The topological polar surface area (TPSA) is 87.1 Å². The van der Waals surface area contributed by atoms with Crippen LogP contribution in [0.4, 0.5) is 0 Å². The number of nitrogens with zero attached hydrogens (tertiary/aromatic N) is 1. The minimum atomic E-state index is -0.874. The van der Waals surface area contributed by atoms with Crippen molar-refractivity contribution in [2.45, 2.75) is 32.3 Å². The van der Waals surface area contributed by atoms with Gasteiger partial charge in [-0.25, -0.2) is 4.79 Å². The Kier molecular flexibility index (Phi) is 4.18. The van der Waals surface area contributed by atoms with E-state index >= 15 is 0 Å². The molecular formula is C15H21N3O3. The molecule has 21 heavy (non-hydrogen) atoms. The molecule has 0 fully saturated rings. The molecule has 0 saturated carbocycles. The van der Waals surface area contributed by atoms with Crippen molar-refractivity contribution in [2.24, 2.45) is 7.05 Å². The molecule has 1 heterocycles. The number of carbonyl (C=O) groups is 1. The number of rotatable bonds is 5. The molecule has 0 spiro atoms. The molecule has 1 amide bonds. The number of aryl methyl sites for hydroxylation is 1. The zero-order valence-corrected chi connectivity index (χ0v) is 12.6. The lowest BCUT2D eigenvalue weighted by Crippen LogP contribution is -2.42. The molecule has 114 valence electrons. The van der Waals surface area contributed by atoms with Crippen molar-refractivity contribution in [2.75, 3.05) is 6.54 Å². The van der Waals surface area contributed by atoms with Gasteiger partial charge in [-0.05, 0) is 31.0 Å². The first-order valence-corrected chi connectivity index (χ1v) is 7.09. The second-order valence-electron chi connectivity index (χ2n) is 5.34. The number of hydrogen-bond acceptors (Lipinski definition) is 3. The fourth-order valence-electron chi connectivity index (χ4n) is 2.23. The van der Waals surface area contributed by atoms with Crippen molar-refractivity contribution in [3.05, 3.63) is 34.2 Å². The van der Waals surface area contributed by atoms with E-state index in [-0.39, 0.29) is 18.1 Å². The van der Waals surface area contributed by atoms with Crippen molar-refractivity contribution in [1.29, 1.82) is 0 Å². The number of imidazole rings is 1. The van der Waals surface area contributed by atoms with Gasteiger partial charge in [0, 0.05) is 19.2 Å². The number of nitrogens with one attached hydrogen (secondary N) is 2. The lowest BCUT2D eigenvalue weighted by atomic mass is 9.97. The second-order valence-corrected chi connectivity index (χ2v) is 5.34. The minimum Gasteiger partial charge on any atom is -0.388 e. The Balaban J connectivity index is 2.18. The third-order valence-corrected chi connectivity index (χ3v) is 4.06. The van der Waals surface area contributed by atoms with Gasteiger partial charge in [-0.15, -0.1) is 0 Å². The molecule has 1 aromatic carbocycles. The highest BCUT2D eigenvalue weighted by Crippen LogP contribution is 2.15. The minimum absolute atomic E-state index is 0.210. The normalized spacial score (nSPS) is 11.8. The fraction of sp³-hybridized carbons (Fsp3) is 0.467. The van der Waals surface area contributed by atoms with E-state index in [0.29, 0.717) is 23.9 Å². The Bertz CT molecular complexity index is 711. The van der Waals surface area contributed by atoms with Crippen LogP contribution in [-0.2, 0) is 7.05 Å². The quantitative estimate of drug-likeness (QED) is 0.772. The molecule has 3 N–H and O–H groups in total. The third-order valence-electron chi connectivity index (χ3n) is 4.06. The van der Waals surface area contributed by atoms with E-state index in [4.69, 9.17) is 0 Å². The zero-order valence-electron chi connectivity index (χ0n) is 12.6. The first kappa shape index (κ1) is 15.3. The van der Waals surface area contributed by atoms with Gasteiger partial charge in [0.1, 0.15) is 0 Å². The number of hydrogen-bond donors (Lipinski definition) is 3.